The summed E-state index contributed by atoms with van der Waals surface area (Å²) in [5.74, 6) is 0.230. The molecule has 0 saturated heterocycles. The van der Waals surface area contributed by atoms with Gasteiger partial charge in [0.15, 0.2) is 5.75 Å². The Balaban J connectivity index is 2.20. The van der Waals surface area contributed by atoms with Gasteiger partial charge >= 0.3 is 0 Å². The number of benzene rings is 2. The fraction of sp³-hybridized carbons (Fsp3) is 0.133. The number of aryl methyl sites for hydroxylation is 1. The molecule has 0 amide bonds. The van der Waals surface area contributed by atoms with Crippen molar-refractivity contribution >= 4 is 17.1 Å². The van der Waals surface area contributed by atoms with Gasteiger partial charge in [0.25, 0.3) is 5.69 Å². The smallest absolute Gasteiger partial charge is 0.275 e. The largest absolute Gasteiger partial charge is 0.398 e. The topological polar surface area (TPSA) is 90.8 Å². The average Bonchev–Trinajstić information content (AvgIpc) is 2.45. The number of rotatable bonds is 4. The molecule has 2 N–H and O–H groups in total. The molecule has 108 valence electrons. The van der Waals surface area contributed by atoms with Crippen molar-refractivity contribution in [1.29, 1.82) is 0 Å². The van der Waals surface area contributed by atoms with Crippen LogP contribution >= 0.6 is 0 Å². The van der Waals surface area contributed by atoms with E-state index in [4.69, 9.17) is 10.6 Å². The number of anilines is 1. The Morgan fingerprint density at radius 1 is 1.24 bits per heavy atom. The normalized spacial score (nSPS) is 11.2. The Morgan fingerprint density at radius 3 is 2.52 bits per heavy atom. The molecule has 2 aromatic rings. The lowest BCUT2D eigenvalue weighted by molar-refractivity contribution is -0.384. The van der Waals surface area contributed by atoms with Gasteiger partial charge in [-0.15, -0.1) is 0 Å². The van der Waals surface area contributed by atoms with Gasteiger partial charge in [0.05, 0.1) is 16.7 Å². The molecule has 6 nitrogen and oxygen atoms in total. The summed E-state index contributed by atoms with van der Waals surface area (Å²) in [6, 6.07) is 11.8. The zero-order valence-corrected chi connectivity index (χ0v) is 11.7. The summed E-state index contributed by atoms with van der Waals surface area (Å²) in [5.41, 5.74) is 8.45. The molecule has 2 rings (SSSR count). The van der Waals surface area contributed by atoms with E-state index in [1.165, 1.54) is 18.2 Å². The van der Waals surface area contributed by atoms with Crippen LogP contribution in [0.2, 0.25) is 0 Å². The van der Waals surface area contributed by atoms with Crippen LogP contribution in [-0.4, -0.2) is 10.6 Å². The van der Waals surface area contributed by atoms with Crippen LogP contribution in [0.25, 0.3) is 0 Å². The van der Waals surface area contributed by atoms with Gasteiger partial charge in [0, 0.05) is 17.8 Å². The molecule has 0 saturated carbocycles. The SMILES string of the molecule is C/C(=N\Oc1cc(N)cc([N+](=O)[O-])c1)c1ccc(C)cc1. The maximum atomic E-state index is 10.8. The van der Waals surface area contributed by atoms with Crippen LogP contribution in [0.4, 0.5) is 11.4 Å². The lowest BCUT2D eigenvalue weighted by Gasteiger charge is -2.04. The van der Waals surface area contributed by atoms with Gasteiger partial charge in [-0.25, -0.2) is 0 Å². The van der Waals surface area contributed by atoms with Crippen molar-refractivity contribution in [2.24, 2.45) is 5.16 Å². The quantitative estimate of drug-likeness (QED) is 0.404. The van der Waals surface area contributed by atoms with E-state index in [9.17, 15) is 10.1 Å². The van der Waals surface area contributed by atoms with E-state index in [-0.39, 0.29) is 17.1 Å². The third-order valence-electron chi connectivity index (χ3n) is 2.88. The molecule has 0 bridgehead atoms. The average molecular weight is 285 g/mol. The first-order valence-electron chi connectivity index (χ1n) is 6.29. The maximum Gasteiger partial charge on any atom is 0.275 e. The second-order valence-electron chi connectivity index (χ2n) is 4.65. The second kappa shape index (κ2) is 6.04. The Hall–Kier alpha value is -2.89. The van der Waals surface area contributed by atoms with E-state index in [1.54, 1.807) is 6.92 Å². The fourth-order valence-corrected chi connectivity index (χ4v) is 1.73. The highest BCUT2D eigenvalue weighted by Gasteiger charge is 2.09. The summed E-state index contributed by atoms with van der Waals surface area (Å²) in [7, 11) is 0. The number of nitrogens with two attached hydrogens (primary N) is 1. The molecule has 0 aliphatic rings. The van der Waals surface area contributed by atoms with Crippen LogP contribution in [0, 0.1) is 17.0 Å². The molecule has 0 fully saturated rings. The Morgan fingerprint density at radius 2 is 1.90 bits per heavy atom. The second-order valence-corrected chi connectivity index (χ2v) is 4.65. The van der Waals surface area contributed by atoms with Crippen LogP contribution < -0.4 is 10.6 Å². The summed E-state index contributed by atoms with van der Waals surface area (Å²) >= 11 is 0. The Bertz CT molecular complexity index is 694. The Kier molecular flexibility index (Phi) is 4.18. The molecule has 2 aromatic carbocycles. The molecule has 0 heterocycles. The molecule has 0 aromatic heterocycles. The molecule has 0 unspecified atom stereocenters. The van der Waals surface area contributed by atoms with E-state index >= 15 is 0 Å². The van der Waals surface area contributed by atoms with E-state index in [0.29, 0.717) is 5.71 Å². The molecule has 0 aliphatic carbocycles. The predicted octanol–water partition coefficient (Wildman–Crippen LogP) is 3.29. The van der Waals surface area contributed by atoms with Crippen LogP contribution in [0.1, 0.15) is 18.1 Å². The molecule has 21 heavy (non-hydrogen) atoms. The molecule has 0 atom stereocenters. The summed E-state index contributed by atoms with van der Waals surface area (Å²) < 4.78 is 0. The third-order valence-corrected chi connectivity index (χ3v) is 2.88. The molecule has 0 spiro atoms. The predicted molar refractivity (Wildman–Crippen MR) is 81.5 cm³/mol. The minimum Gasteiger partial charge on any atom is -0.398 e. The fourth-order valence-electron chi connectivity index (χ4n) is 1.73. The highest BCUT2D eigenvalue weighted by molar-refractivity contribution is 5.98. The lowest BCUT2D eigenvalue weighted by atomic mass is 10.1. The summed E-state index contributed by atoms with van der Waals surface area (Å²) in [5, 5.41) is 14.7. The standard InChI is InChI=1S/C15H15N3O3/c1-10-3-5-12(6-4-10)11(2)17-21-15-8-13(16)7-14(9-15)18(19)20/h3-9H,16H2,1-2H3/b17-11+. The molecular formula is C15H15N3O3. The van der Waals surface area contributed by atoms with Crippen molar-refractivity contribution in [3.05, 3.63) is 63.7 Å². The highest BCUT2D eigenvalue weighted by atomic mass is 16.6. The van der Waals surface area contributed by atoms with E-state index in [0.717, 1.165) is 11.1 Å². The van der Waals surface area contributed by atoms with Gasteiger partial charge in [-0.1, -0.05) is 35.0 Å². The van der Waals surface area contributed by atoms with E-state index < -0.39 is 4.92 Å². The molecule has 0 aliphatic heterocycles. The third kappa shape index (κ3) is 3.79. The summed E-state index contributed by atoms with van der Waals surface area (Å²) in [6.45, 7) is 3.80. The van der Waals surface area contributed by atoms with Gasteiger partial charge in [-0.3, -0.25) is 10.1 Å². The minimum absolute atomic E-state index is 0.131. The number of nitro groups is 1. The van der Waals surface area contributed by atoms with Crippen molar-refractivity contribution in [3.63, 3.8) is 0 Å². The number of nitrogen functional groups attached to an aromatic ring is 1. The number of oxime groups is 1. The lowest BCUT2D eigenvalue weighted by Crippen LogP contribution is -1.99. The monoisotopic (exact) mass is 285 g/mol. The van der Waals surface area contributed by atoms with Crippen molar-refractivity contribution in [3.8, 4) is 5.75 Å². The van der Waals surface area contributed by atoms with Crippen molar-refractivity contribution < 1.29 is 9.76 Å². The van der Waals surface area contributed by atoms with Crippen molar-refractivity contribution in [2.45, 2.75) is 13.8 Å². The summed E-state index contributed by atoms with van der Waals surface area (Å²) in [6.07, 6.45) is 0. The number of nitro benzene ring substituents is 1. The first kappa shape index (κ1) is 14.5. The van der Waals surface area contributed by atoms with E-state index in [2.05, 4.69) is 5.16 Å². The van der Waals surface area contributed by atoms with Crippen LogP contribution in [-0.2, 0) is 0 Å². The molecule has 6 heteroatoms. The summed E-state index contributed by atoms with van der Waals surface area (Å²) in [4.78, 5) is 15.5. The minimum atomic E-state index is -0.528. The van der Waals surface area contributed by atoms with Crippen LogP contribution in [0.3, 0.4) is 0 Å². The first-order valence-corrected chi connectivity index (χ1v) is 6.29. The maximum absolute atomic E-state index is 10.8. The van der Waals surface area contributed by atoms with Gasteiger partial charge in [-0.05, 0) is 19.4 Å². The van der Waals surface area contributed by atoms with Crippen molar-refractivity contribution in [1.82, 2.24) is 0 Å². The molecular weight excluding hydrogens is 270 g/mol. The zero-order chi connectivity index (χ0) is 15.4. The first-order chi connectivity index (χ1) is 9.95. The Labute approximate surface area is 122 Å². The van der Waals surface area contributed by atoms with Gasteiger partial charge < -0.3 is 10.6 Å². The van der Waals surface area contributed by atoms with Gasteiger partial charge in [0.2, 0.25) is 0 Å². The van der Waals surface area contributed by atoms with Crippen LogP contribution in [0.15, 0.2) is 47.6 Å². The van der Waals surface area contributed by atoms with Crippen LogP contribution in [0.5, 0.6) is 5.75 Å². The number of hydrogen-bond acceptors (Lipinski definition) is 5. The zero-order valence-electron chi connectivity index (χ0n) is 11.7. The highest BCUT2D eigenvalue weighted by Crippen LogP contribution is 2.24. The molecule has 0 radical (unpaired) electrons. The number of non-ortho nitro benzene ring substituents is 1. The van der Waals surface area contributed by atoms with Gasteiger partial charge in [0.1, 0.15) is 0 Å². The number of hydrogen-bond donors (Lipinski definition) is 1. The van der Waals surface area contributed by atoms with E-state index in [1.807, 2.05) is 31.2 Å². The van der Waals surface area contributed by atoms with Crippen molar-refractivity contribution in [2.75, 3.05) is 5.73 Å². The van der Waals surface area contributed by atoms with Gasteiger partial charge in [-0.2, -0.15) is 0 Å². The number of nitrogens with zero attached hydrogens (tertiary/aromatic N) is 2.